The summed E-state index contributed by atoms with van der Waals surface area (Å²) in [5, 5.41) is 8.37. The van der Waals surface area contributed by atoms with Gasteiger partial charge in [-0.25, -0.2) is 4.79 Å². The predicted octanol–water partition coefficient (Wildman–Crippen LogP) is 4.69. The Balaban J connectivity index is 1.84. The Bertz CT molecular complexity index is 903. The van der Waals surface area contributed by atoms with Crippen molar-refractivity contribution in [3.63, 3.8) is 0 Å². The van der Waals surface area contributed by atoms with Crippen molar-refractivity contribution in [1.82, 2.24) is 9.78 Å². The van der Waals surface area contributed by atoms with E-state index in [4.69, 9.17) is 16.3 Å². The van der Waals surface area contributed by atoms with Gasteiger partial charge in [0.25, 0.3) is 0 Å². The lowest BCUT2D eigenvalue weighted by atomic mass is 9.95. The highest BCUT2D eigenvalue weighted by atomic mass is 35.5. The van der Waals surface area contributed by atoms with Crippen molar-refractivity contribution in [3.8, 4) is 0 Å². The number of carbonyl (C=O) groups excluding carboxylic acids is 2. The lowest BCUT2D eigenvalue weighted by Crippen LogP contribution is -2.22. The molecule has 28 heavy (non-hydrogen) atoms. The normalized spacial score (nSPS) is 14.5. The van der Waals surface area contributed by atoms with Crippen LogP contribution in [0.3, 0.4) is 0 Å². The molecule has 0 radical (unpaired) electrons. The minimum Gasteiger partial charge on any atom is -0.459 e. The largest absolute Gasteiger partial charge is 0.459 e. The predicted molar refractivity (Wildman–Crippen MR) is 111 cm³/mol. The molecule has 0 fully saturated rings. The summed E-state index contributed by atoms with van der Waals surface area (Å²) in [5.41, 5.74) is 3.00. The molecular formula is C20H26ClN3O3S. The fourth-order valence-electron chi connectivity index (χ4n) is 3.33. The summed E-state index contributed by atoms with van der Waals surface area (Å²) < 4.78 is 7.15. The Labute approximate surface area is 174 Å². The second kappa shape index (κ2) is 8.66. The van der Waals surface area contributed by atoms with Crippen molar-refractivity contribution in [2.45, 2.75) is 72.4 Å². The van der Waals surface area contributed by atoms with E-state index in [1.54, 1.807) is 11.6 Å². The number of nitrogens with one attached hydrogen (secondary N) is 1. The third-order valence-electron chi connectivity index (χ3n) is 5.10. The van der Waals surface area contributed by atoms with Crippen LogP contribution in [0.15, 0.2) is 0 Å². The van der Waals surface area contributed by atoms with Crippen LogP contribution in [-0.2, 0) is 28.9 Å². The number of nitrogens with zero attached hydrogens (tertiary/aromatic N) is 2. The summed E-state index contributed by atoms with van der Waals surface area (Å²) in [7, 11) is 0. The topological polar surface area (TPSA) is 73.2 Å². The van der Waals surface area contributed by atoms with E-state index < -0.39 is 0 Å². The lowest BCUT2D eigenvalue weighted by Gasteiger charge is -2.15. The van der Waals surface area contributed by atoms with Gasteiger partial charge in [-0.05, 0) is 58.4 Å². The van der Waals surface area contributed by atoms with Crippen LogP contribution in [0.25, 0.3) is 0 Å². The minimum atomic E-state index is -0.349. The average molecular weight is 424 g/mol. The van der Waals surface area contributed by atoms with E-state index in [1.165, 1.54) is 16.2 Å². The number of fused-ring (bicyclic) bond motifs is 1. The summed E-state index contributed by atoms with van der Waals surface area (Å²) >= 11 is 7.65. The molecule has 1 N–H and O–H groups in total. The second-order valence-electron chi connectivity index (χ2n) is 7.23. The first-order valence-corrected chi connectivity index (χ1v) is 10.9. The third kappa shape index (κ3) is 4.25. The van der Waals surface area contributed by atoms with E-state index in [1.807, 2.05) is 20.8 Å². The fourth-order valence-corrected chi connectivity index (χ4v) is 4.76. The maximum Gasteiger partial charge on any atom is 0.341 e. The highest BCUT2D eigenvalue weighted by molar-refractivity contribution is 7.17. The van der Waals surface area contributed by atoms with Gasteiger partial charge in [-0.2, -0.15) is 5.10 Å². The van der Waals surface area contributed by atoms with Crippen LogP contribution < -0.4 is 5.32 Å². The van der Waals surface area contributed by atoms with Gasteiger partial charge in [0.2, 0.25) is 5.91 Å². The molecule has 8 heteroatoms. The Morgan fingerprint density at radius 3 is 2.68 bits per heavy atom. The van der Waals surface area contributed by atoms with Gasteiger partial charge in [0.05, 0.1) is 28.1 Å². The van der Waals surface area contributed by atoms with Crippen LogP contribution >= 0.6 is 22.9 Å². The summed E-state index contributed by atoms with van der Waals surface area (Å²) in [5.74, 6) is -0.586. The van der Waals surface area contributed by atoms with E-state index in [-0.39, 0.29) is 24.5 Å². The van der Waals surface area contributed by atoms with E-state index in [0.29, 0.717) is 21.3 Å². The number of aromatic nitrogens is 2. The number of esters is 1. The average Bonchev–Trinajstić information content (AvgIpc) is 3.13. The summed E-state index contributed by atoms with van der Waals surface area (Å²) in [6.07, 6.45) is 4.52. The standard InChI is InChI=1S/C20H26ClN3O3S/c1-5-11(2)27-20(26)17-14-8-6-7-9-15(14)28-19(17)22-16(25)10-24-13(4)18(21)12(3)23-24/h11H,5-10H2,1-4H3,(H,22,25). The molecule has 0 aliphatic heterocycles. The maximum atomic E-state index is 12.8. The molecule has 0 spiro atoms. The van der Waals surface area contributed by atoms with Gasteiger partial charge in [0.1, 0.15) is 11.5 Å². The summed E-state index contributed by atoms with van der Waals surface area (Å²) in [6, 6.07) is 0. The molecule has 6 nitrogen and oxygen atoms in total. The van der Waals surface area contributed by atoms with Crippen molar-refractivity contribution < 1.29 is 14.3 Å². The highest BCUT2D eigenvalue weighted by Gasteiger charge is 2.28. The summed E-state index contributed by atoms with van der Waals surface area (Å²) in [4.78, 5) is 26.6. The zero-order valence-electron chi connectivity index (χ0n) is 16.7. The second-order valence-corrected chi connectivity index (χ2v) is 8.71. The molecular weight excluding hydrogens is 398 g/mol. The first-order chi connectivity index (χ1) is 13.3. The molecule has 0 saturated heterocycles. The van der Waals surface area contributed by atoms with E-state index in [9.17, 15) is 9.59 Å². The Hall–Kier alpha value is -1.86. The van der Waals surface area contributed by atoms with Crippen LogP contribution in [-0.4, -0.2) is 27.8 Å². The highest BCUT2D eigenvalue weighted by Crippen LogP contribution is 2.38. The Morgan fingerprint density at radius 1 is 1.32 bits per heavy atom. The Kier molecular flexibility index (Phi) is 6.45. The van der Waals surface area contributed by atoms with Crippen LogP contribution in [0.5, 0.6) is 0 Å². The molecule has 1 atom stereocenters. The molecule has 1 aliphatic rings. The van der Waals surface area contributed by atoms with Crippen molar-refractivity contribution in [3.05, 3.63) is 32.4 Å². The number of ether oxygens (including phenoxy) is 1. The molecule has 3 rings (SSSR count). The molecule has 2 heterocycles. The van der Waals surface area contributed by atoms with Crippen molar-refractivity contribution in [2.75, 3.05) is 5.32 Å². The van der Waals surface area contributed by atoms with Crippen LogP contribution in [0.1, 0.15) is 65.3 Å². The third-order valence-corrected chi connectivity index (χ3v) is 6.85. The minimum absolute atomic E-state index is 0.0435. The van der Waals surface area contributed by atoms with Gasteiger partial charge in [0, 0.05) is 4.88 Å². The number of aryl methyl sites for hydroxylation is 2. The van der Waals surface area contributed by atoms with Gasteiger partial charge in [-0.3, -0.25) is 9.48 Å². The molecule has 0 aromatic carbocycles. The van der Waals surface area contributed by atoms with Gasteiger partial charge >= 0.3 is 5.97 Å². The molecule has 0 saturated carbocycles. The van der Waals surface area contributed by atoms with E-state index >= 15 is 0 Å². The molecule has 0 bridgehead atoms. The van der Waals surface area contributed by atoms with Gasteiger partial charge in [-0.1, -0.05) is 18.5 Å². The number of anilines is 1. The van der Waals surface area contributed by atoms with Crippen molar-refractivity contribution in [1.29, 1.82) is 0 Å². The quantitative estimate of drug-likeness (QED) is 0.684. The van der Waals surface area contributed by atoms with Crippen molar-refractivity contribution in [2.24, 2.45) is 0 Å². The van der Waals surface area contributed by atoms with E-state index in [2.05, 4.69) is 10.4 Å². The fraction of sp³-hybridized carbons (Fsp3) is 0.550. The lowest BCUT2D eigenvalue weighted by molar-refractivity contribution is -0.116. The first kappa shape index (κ1) is 20.9. The summed E-state index contributed by atoms with van der Waals surface area (Å²) in [6.45, 7) is 7.53. The van der Waals surface area contributed by atoms with E-state index in [0.717, 1.165) is 43.4 Å². The smallest absolute Gasteiger partial charge is 0.341 e. The SMILES string of the molecule is CCC(C)OC(=O)c1c(NC(=O)Cn2nc(C)c(Cl)c2C)sc2c1CCCC2. The number of amides is 1. The zero-order valence-corrected chi connectivity index (χ0v) is 18.3. The number of rotatable bonds is 6. The van der Waals surface area contributed by atoms with Crippen molar-refractivity contribution >= 4 is 39.8 Å². The first-order valence-electron chi connectivity index (χ1n) is 9.66. The van der Waals surface area contributed by atoms with Crippen LogP contribution in [0.2, 0.25) is 5.02 Å². The molecule has 2 aromatic rings. The molecule has 1 aliphatic carbocycles. The van der Waals surface area contributed by atoms with Crippen LogP contribution in [0, 0.1) is 13.8 Å². The monoisotopic (exact) mass is 423 g/mol. The molecule has 2 aromatic heterocycles. The zero-order chi connectivity index (χ0) is 20.4. The molecule has 152 valence electrons. The number of hydrogen-bond acceptors (Lipinski definition) is 5. The Morgan fingerprint density at radius 2 is 2.04 bits per heavy atom. The number of thiophene rings is 1. The van der Waals surface area contributed by atoms with Gasteiger partial charge in [0.15, 0.2) is 0 Å². The number of carbonyl (C=O) groups is 2. The maximum absolute atomic E-state index is 12.8. The number of halogens is 1. The van der Waals surface area contributed by atoms with Gasteiger partial charge in [-0.15, -0.1) is 11.3 Å². The molecule has 1 amide bonds. The van der Waals surface area contributed by atoms with Gasteiger partial charge < -0.3 is 10.1 Å². The van der Waals surface area contributed by atoms with Crippen LogP contribution in [0.4, 0.5) is 5.00 Å². The number of hydrogen-bond donors (Lipinski definition) is 1. The molecule has 1 unspecified atom stereocenters.